The van der Waals surface area contributed by atoms with E-state index in [1.54, 1.807) is 14.2 Å². The van der Waals surface area contributed by atoms with Crippen molar-refractivity contribution in [3.63, 3.8) is 0 Å². The van der Waals surface area contributed by atoms with Crippen molar-refractivity contribution in [1.82, 2.24) is 0 Å². The second-order valence-electron chi connectivity index (χ2n) is 4.15. The van der Waals surface area contributed by atoms with Crippen LogP contribution in [0, 0.1) is 0 Å². The molecule has 1 rings (SSSR count). The van der Waals surface area contributed by atoms with Crippen molar-refractivity contribution in [1.29, 1.82) is 0 Å². The fourth-order valence-corrected chi connectivity index (χ4v) is 2.70. The first-order chi connectivity index (χ1) is 7.26. The Morgan fingerprint density at radius 2 is 1.87 bits per heavy atom. The number of halogens is 1. The van der Waals surface area contributed by atoms with E-state index in [1.807, 2.05) is 0 Å². The standard InChI is InChI=1S/C11H21BrO3/c1-13-7-10(14-2)8-15-11(9-12)5-3-4-6-11/h10H,3-9H2,1-2H3. The van der Waals surface area contributed by atoms with Gasteiger partial charge in [0.25, 0.3) is 0 Å². The van der Waals surface area contributed by atoms with Crippen molar-refractivity contribution < 1.29 is 14.2 Å². The van der Waals surface area contributed by atoms with E-state index in [-0.39, 0.29) is 11.7 Å². The average molecular weight is 281 g/mol. The van der Waals surface area contributed by atoms with Gasteiger partial charge in [0, 0.05) is 19.5 Å². The zero-order valence-electron chi connectivity index (χ0n) is 9.63. The van der Waals surface area contributed by atoms with Crippen LogP contribution in [-0.4, -0.2) is 44.5 Å². The van der Waals surface area contributed by atoms with Gasteiger partial charge >= 0.3 is 0 Å². The lowest BCUT2D eigenvalue weighted by molar-refractivity contribution is -0.0885. The largest absolute Gasteiger partial charge is 0.382 e. The van der Waals surface area contributed by atoms with E-state index in [2.05, 4.69) is 15.9 Å². The van der Waals surface area contributed by atoms with Crippen molar-refractivity contribution >= 4 is 15.9 Å². The normalized spacial score (nSPS) is 21.8. The molecule has 1 fully saturated rings. The third kappa shape index (κ3) is 4.02. The summed E-state index contributed by atoms with van der Waals surface area (Å²) in [4.78, 5) is 0. The molecule has 1 unspecified atom stereocenters. The summed E-state index contributed by atoms with van der Waals surface area (Å²) in [5, 5.41) is 0.920. The zero-order chi connectivity index (χ0) is 11.1. The first-order valence-corrected chi connectivity index (χ1v) is 6.60. The van der Waals surface area contributed by atoms with Gasteiger partial charge < -0.3 is 14.2 Å². The summed E-state index contributed by atoms with van der Waals surface area (Å²) >= 11 is 3.55. The molecule has 1 aliphatic carbocycles. The molecule has 1 atom stereocenters. The number of hydrogen-bond acceptors (Lipinski definition) is 3. The van der Waals surface area contributed by atoms with Crippen LogP contribution in [0.5, 0.6) is 0 Å². The third-order valence-electron chi connectivity index (χ3n) is 3.02. The van der Waals surface area contributed by atoms with Crippen molar-refractivity contribution in [2.45, 2.75) is 37.4 Å². The Kier molecular flexibility index (Phi) is 6.12. The molecule has 0 saturated heterocycles. The van der Waals surface area contributed by atoms with Crippen molar-refractivity contribution in [2.24, 2.45) is 0 Å². The van der Waals surface area contributed by atoms with Crippen molar-refractivity contribution in [2.75, 3.05) is 32.8 Å². The van der Waals surface area contributed by atoms with Gasteiger partial charge in [-0.1, -0.05) is 28.8 Å². The monoisotopic (exact) mass is 280 g/mol. The van der Waals surface area contributed by atoms with Crippen LogP contribution in [0.15, 0.2) is 0 Å². The average Bonchev–Trinajstić information content (AvgIpc) is 2.73. The summed E-state index contributed by atoms with van der Waals surface area (Å²) in [6.45, 7) is 1.21. The topological polar surface area (TPSA) is 27.7 Å². The Balaban J connectivity index is 2.32. The highest BCUT2D eigenvalue weighted by Crippen LogP contribution is 2.34. The Labute approximate surface area is 101 Å². The maximum absolute atomic E-state index is 5.99. The first-order valence-electron chi connectivity index (χ1n) is 5.48. The molecule has 0 aliphatic heterocycles. The molecule has 3 nitrogen and oxygen atoms in total. The predicted octanol–water partition coefficient (Wildman–Crippen LogP) is 2.37. The number of ether oxygens (including phenoxy) is 3. The van der Waals surface area contributed by atoms with Gasteiger partial charge in [-0.05, 0) is 12.8 Å². The summed E-state index contributed by atoms with van der Waals surface area (Å²) < 4.78 is 16.3. The fourth-order valence-electron chi connectivity index (χ4n) is 1.98. The summed E-state index contributed by atoms with van der Waals surface area (Å²) in [5.41, 5.74) is 0.0462. The SMILES string of the molecule is COCC(COC1(CBr)CCCC1)OC. The summed E-state index contributed by atoms with van der Waals surface area (Å²) in [5.74, 6) is 0. The van der Waals surface area contributed by atoms with E-state index in [0.29, 0.717) is 13.2 Å². The molecule has 4 heteroatoms. The Morgan fingerprint density at radius 3 is 2.33 bits per heavy atom. The minimum atomic E-state index is 0.0462. The molecule has 0 aromatic carbocycles. The Morgan fingerprint density at radius 1 is 1.20 bits per heavy atom. The lowest BCUT2D eigenvalue weighted by Gasteiger charge is -2.29. The Bertz CT molecular complexity index is 169. The second-order valence-corrected chi connectivity index (χ2v) is 4.71. The smallest absolute Gasteiger partial charge is 0.104 e. The van der Waals surface area contributed by atoms with Gasteiger partial charge in [0.2, 0.25) is 0 Å². The van der Waals surface area contributed by atoms with E-state index in [0.717, 1.165) is 18.2 Å². The molecule has 0 amide bonds. The zero-order valence-corrected chi connectivity index (χ0v) is 11.2. The minimum absolute atomic E-state index is 0.0462. The van der Waals surface area contributed by atoms with E-state index in [4.69, 9.17) is 14.2 Å². The summed E-state index contributed by atoms with van der Waals surface area (Å²) in [7, 11) is 3.38. The predicted molar refractivity (Wildman–Crippen MR) is 63.6 cm³/mol. The second kappa shape index (κ2) is 6.84. The molecule has 0 spiro atoms. The molecule has 0 radical (unpaired) electrons. The molecule has 0 bridgehead atoms. The van der Waals surface area contributed by atoms with Crippen molar-refractivity contribution in [3.8, 4) is 0 Å². The minimum Gasteiger partial charge on any atom is -0.382 e. The van der Waals surface area contributed by atoms with Crippen LogP contribution in [-0.2, 0) is 14.2 Å². The van der Waals surface area contributed by atoms with Crippen LogP contribution in [0.3, 0.4) is 0 Å². The highest BCUT2D eigenvalue weighted by atomic mass is 79.9. The molecule has 0 N–H and O–H groups in total. The third-order valence-corrected chi connectivity index (χ3v) is 4.04. The fraction of sp³-hybridized carbons (Fsp3) is 1.00. The number of methoxy groups -OCH3 is 2. The van der Waals surface area contributed by atoms with Crippen LogP contribution >= 0.6 is 15.9 Å². The van der Waals surface area contributed by atoms with Gasteiger partial charge in [-0.25, -0.2) is 0 Å². The molecule has 1 saturated carbocycles. The molecular formula is C11H21BrO3. The molecule has 0 aromatic rings. The lowest BCUT2D eigenvalue weighted by Crippen LogP contribution is -2.36. The van der Waals surface area contributed by atoms with Crippen molar-refractivity contribution in [3.05, 3.63) is 0 Å². The molecule has 0 aromatic heterocycles. The first kappa shape index (κ1) is 13.4. The number of rotatable bonds is 7. The van der Waals surface area contributed by atoms with Crippen LogP contribution in [0.25, 0.3) is 0 Å². The molecular weight excluding hydrogens is 260 g/mol. The van der Waals surface area contributed by atoms with Gasteiger partial charge in [-0.15, -0.1) is 0 Å². The van der Waals surface area contributed by atoms with Gasteiger partial charge in [0.15, 0.2) is 0 Å². The molecule has 90 valence electrons. The quantitative estimate of drug-likeness (QED) is 0.671. The highest BCUT2D eigenvalue weighted by molar-refractivity contribution is 9.09. The van der Waals surface area contributed by atoms with E-state index < -0.39 is 0 Å². The summed E-state index contributed by atoms with van der Waals surface area (Å²) in [6, 6.07) is 0. The van der Waals surface area contributed by atoms with E-state index in [1.165, 1.54) is 12.8 Å². The number of hydrogen-bond donors (Lipinski definition) is 0. The van der Waals surface area contributed by atoms with E-state index >= 15 is 0 Å². The maximum Gasteiger partial charge on any atom is 0.104 e. The Hall–Kier alpha value is 0.360. The molecule has 0 heterocycles. The lowest BCUT2D eigenvalue weighted by atomic mass is 10.1. The highest BCUT2D eigenvalue weighted by Gasteiger charge is 2.34. The van der Waals surface area contributed by atoms with Gasteiger partial charge in [-0.2, -0.15) is 0 Å². The van der Waals surface area contributed by atoms with Crippen LogP contribution in [0.4, 0.5) is 0 Å². The summed E-state index contributed by atoms with van der Waals surface area (Å²) in [6.07, 6.45) is 4.90. The number of alkyl halides is 1. The molecule has 1 aliphatic rings. The van der Waals surface area contributed by atoms with E-state index in [9.17, 15) is 0 Å². The molecule has 15 heavy (non-hydrogen) atoms. The van der Waals surface area contributed by atoms with Gasteiger partial charge in [0.05, 0.1) is 18.8 Å². The maximum atomic E-state index is 5.99. The van der Waals surface area contributed by atoms with Crippen LogP contribution < -0.4 is 0 Å². The van der Waals surface area contributed by atoms with Crippen LogP contribution in [0.2, 0.25) is 0 Å². The van der Waals surface area contributed by atoms with Gasteiger partial charge in [0.1, 0.15) is 6.10 Å². The van der Waals surface area contributed by atoms with Crippen LogP contribution in [0.1, 0.15) is 25.7 Å². The van der Waals surface area contributed by atoms with Gasteiger partial charge in [-0.3, -0.25) is 0 Å².